The number of halogens is 1. The maximum Gasteiger partial charge on any atom is 0.340 e. The fourth-order valence-corrected chi connectivity index (χ4v) is 3.88. The van der Waals surface area contributed by atoms with Crippen LogP contribution in [0.5, 0.6) is 23.0 Å². The van der Waals surface area contributed by atoms with Gasteiger partial charge in [0.15, 0.2) is 11.4 Å². The summed E-state index contributed by atoms with van der Waals surface area (Å²) in [6, 6.07) is 14.7. The topological polar surface area (TPSA) is 76.0 Å². The third-order valence-corrected chi connectivity index (χ3v) is 5.15. The highest BCUT2D eigenvalue weighted by molar-refractivity contribution is 6.33. The molecule has 2 heterocycles. The lowest BCUT2D eigenvalue weighted by atomic mass is 9.77. The Morgan fingerprint density at radius 3 is 2.54 bits per heavy atom. The average molecular weight is 367 g/mol. The summed E-state index contributed by atoms with van der Waals surface area (Å²) in [5, 5.41) is 19.9. The van der Waals surface area contributed by atoms with Gasteiger partial charge in [-0.1, -0.05) is 29.8 Å². The molecule has 26 heavy (non-hydrogen) atoms. The highest BCUT2D eigenvalue weighted by atomic mass is 35.5. The Labute approximate surface area is 153 Å². The van der Waals surface area contributed by atoms with E-state index in [1.54, 1.807) is 24.3 Å². The van der Waals surface area contributed by atoms with Gasteiger partial charge < -0.3 is 19.7 Å². The zero-order chi connectivity index (χ0) is 18.1. The van der Waals surface area contributed by atoms with E-state index >= 15 is 0 Å². The van der Waals surface area contributed by atoms with Gasteiger partial charge in [-0.2, -0.15) is 0 Å². The van der Waals surface area contributed by atoms with Crippen molar-refractivity contribution < 1.29 is 24.5 Å². The molecule has 3 aromatic rings. The quantitative estimate of drug-likeness (QED) is 0.579. The molecule has 0 saturated heterocycles. The summed E-state index contributed by atoms with van der Waals surface area (Å²) in [5.74, 6) is -0.126. The van der Waals surface area contributed by atoms with Crippen molar-refractivity contribution in [2.75, 3.05) is 0 Å². The number of benzene rings is 3. The summed E-state index contributed by atoms with van der Waals surface area (Å²) >= 11 is 6.26. The summed E-state index contributed by atoms with van der Waals surface area (Å²) in [6.07, 6.45) is 0. The van der Waals surface area contributed by atoms with Gasteiger partial charge in [-0.05, 0) is 30.3 Å². The van der Waals surface area contributed by atoms with Crippen molar-refractivity contribution in [3.8, 4) is 23.0 Å². The zero-order valence-electron chi connectivity index (χ0n) is 13.2. The third kappa shape index (κ3) is 1.73. The standard InChI is InChI=1S/C20H11ClO5/c21-17-15(23)8-7-14-18(17)25-16-9-10(22)5-6-13(16)20(14)12-4-2-1-3-11(12)19(24)26-20/h1-9,22-23H. The van der Waals surface area contributed by atoms with E-state index in [0.717, 1.165) is 0 Å². The van der Waals surface area contributed by atoms with Crippen LogP contribution in [0.2, 0.25) is 5.02 Å². The summed E-state index contributed by atoms with van der Waals surface area (Å²) < 4.78 is 11.8. The molecule has 5 rings (SSSR count). The lowest BCUT2D eigenvalue weighted by Gasteiger charge is -2.36. The molecule has 1 unspecified atom stereocenters. The van der Waals surface area contributed by atoms with Gasteiger partial charge in [-0.25, -0.2) is 4.79 Å². The van der Waals surface area contributed by atoms with Crippen molar-refractivity contribution in [2.45, 2.75) is 5.60 Å². The Balaban J connectivity index is 1.93. The van der Waals surface area contributed by atoms with Crippen LogP contribution in [-0.4, -0.2) is 16.2 Å². The van der Waals surface area contributed by atoms with Crippen molar-refractivity contribution >= 4 is 17.6 Å². The Morgan fingerprint density at radius 1 is 0.923 bits per heavy atom. The second kappa shape index (κ2) is 4.93. The first-order valence-electron chi connectivity index (χ1n) is 7.88. The number of rotatable bonds is 0. The first kappa shape index (κ1) is 15.1. The molecule has 3 aromatic carbocycles. The number of carbonyl (C=O) groups is 1. The Bertz CT molecular complexity index is 1110. The Hall–Kier alpha value is -3.18. The SMILES string of the molecule is O=C1OC2(c3ccc(O)cc3Oc3c2ccc(O)c3Cl)c2ccccc21. The van der Waals surface area contributed by atoms with Gasteiger partial charge in [0, 0.05) is 22.8 Å². The number of phenols is 2. The van der Waals surface area contributed by atoms with Gasteiger partial charge in [0.25, 0.3) is 0 Å². The van der Waals surface area contributed by atoms with Crippen LogP contribution in [0.25, 0.3) is 0 Å². The molecule has 2 aliphatic heterocycles. The van der Waals surface area contributed by atoms with Crippen molar-refractivity contribution in [3.05, 3.63) is 81.9 Å². The number of aromatic hydroxyl groups is 2. The van der Waals surface area contributed by atoms with E-state index in [9.17, 15) is 15.0 Å². The van der Waals surface area contributed by atoms with Crippen LogP contribution in [0.15, 0.2) is 54.6 Å². The fourth-order valence-electron chi connectivity index (χ4n) is 3.68. The molecule has 6 heteroatoms. The Kier molecular flexibility index (Phi) is 2.86. The molecule has 5 nitrogen and oxygen atoms in total. The minimum Gasteiger partial charge on any atom is -0.508 e. The second-order valence-electron chi connectivity index (χ2n) is 6.17. The largest absolute Gasteiger partial charge is 0.508 e. The number of phenolic OH excluding ortho intramolecular Hbond substituents is 2. The number of carbonyl (C=O) groups excluding carboxylic acids is 1. The molecule has 1 atom stereocenters. The van der Waals surface area contributed by atoms with Crippen LogP contribution in [0.3, 0.4) is 0 Å². The summed E-state index contributed by atoms with van der Waals surface area (Å²) in [7, 11) is 0. The molecule has 0 radical (unpaired) electrons. The van der Waals surface area contributed by atoms with Crippen LogP contribution >= 0.6 is 11.6 Å². The van der Waals surface area contributed by atoms with Gasteiger partial charge in [0.2, 0.25) is 0 Å². The van der Waals surface area contributed by atoms with E-state index in [1.165, 1.54) is 18.2 Å². The maximum atomic E-state index is 12.6. The molecule has 0 aliphatic carbocycles. The average Bonchev–Trinajstić information content (AvgIpc) is 2.92. The zero-order valence-corrected chi connectivity index (χ0v) is 13.9. The minimum atomic E-state index is -1.26. The van der Waals surface area contributed by atoms with E-state index in [0.29, 0.717) is 28.0 Å². The Morgan fingerprint density at radius 2 is 1.69 bits per heavy atom. The van der Waals surface area contributed by atoms with Crippen molar-refractivity contribution in [2.24, 2.45) is 0 Å². The first-order valence-corrected chi connectivity index (χ1v) is 8.26. The second-order valence-corrected chi connectivity index (χ2v) is 6.55. The third-order valence-electron chi connectivity index (χ3n) is 4.78. The molecule has 128 valence electrons. The molecule has 0 aromatic heterocycles. The molecule has 1 spiro atoms. The predicted molar refractivity (Wildman–Crippen MR) is 93.0 cm³/mol. The lowest BCUT2D eigenvalue weighted by molar-refractivity contribution is 0.0224. The molecular formula is C20H11ClO5. The fraction of sp³-hybridized carbons (Fsp3) is 0.0500. The van der Waals surface area contributed by atoms with Gasteiger partial charge in [-0.15, -0.1) is 0 Å². The normalized spacial score (nSPS) is 19.3. The highest BCUT2D eigenvalue weighted by Gasteiger charge is 2.54. The van der Waals surface area contributed by atoms with Crippen LogP contribution in [-0.2, 0) is 10.3 Å². The van der Waals surface area contributed by atoms with E-state index < -0.39 is 11.6 Å². The van der Waals surface area contributed by atoms with Gasteiger partial charge in [-0.3, -0.25) is 0 Å². The lowest BCUT2D eigenvalue weighted by Crippen LogP contribution is -2.33. The maximum absolute atomic E-state index is 12.6. The van der Waals surface area contributed by atoms with E-state index in [2.05, 4.69) is 0 Å². The molecular weight excluding hydrogens is 356 g/mol. The molecule has 0 fully saturated rings. The molecule has 2 aliphatic rings. The minimum absolute atomic E-state index is 0.00349. The summed E-state index contributed by atoms with van der Waals surface area (Å²) in [6.45, 7) is 0. The van der Waals surface area contributed by atoms with Gasteiger partial charge in [0.05, 0.1) is 5.56 Å². The van der Waals surface area contributed by atoms with E-state index in [1.807, 2.05) is 12.1 Å². The van der Waals surface area contributed by atoms with Crippen molar-refractivity contribution in [3.63, 3.8) is 0 Å². The molecule has 2 N–H and O–H groups in total. The van der Waals surface area contributed by atoms with Crippen molar-refractivity contribution in [1.82, 2.24) is 0 Å². The summed E-state index contributed by atoms with van der Waals surface area (Å²) in [5.41, 5.74) is 0.924. The van der Waals surface area contributed by atoms with Gasteiger partial charge >= 0.3 is 5.97 Å². The number of hydrogen-bond acceptors (Lipinski definition) is 5. The van der Waals surface area contributed by atoms with E-state index in [4.69, 9.17) is 21.1 Å². The molecule has 0 bridgehead atoms. The number of fused-ring (bicyclic) bond motifs is 6. The molecule has 0 amide bonds. The number of hydrogen-bond donors (Lipinski definition) is 2. The smallest absolute Gasteiger partial charge is 0.340 e. The first-order chi connectivity index (χ1) is 12.5. The summed E-state index contributed by atoms with van der Waals surface area (Å²) in [4.78, 5) is 12.6. The molecule has 0 saturated carbocycles. The van der Waals surface area contributed by atoms with Gasteiger partial charge in [0.1, 0.15) is 22.3 Å². The van der Waals surface area contributed by atoms with Crippen molar-refractivity contribution in [1.29, 1.82) is 0 Å². The van der Waals surface area contributed by atoms with Crippen LogP contribution < -0.4 is 4.74 Å². The number of esters is 1. The monoisotopic (exact) mass is 366 g/mol. The van der Waals surface area contributed by atoms with Crippen LogP contribution in [0, 0.1) is 0 Å². The number of ether oxygens (including phenoxy) is 2. The van der Waals surface area contributed by atoms with E-state index in [-0.39, 0.29) is 22.3 Å². The highest BCUT2D eigenvalue weighted by Crippen LogP contribution is 2.58. The van der Waals surface area contributed by atoms with Crippen LogP contribution in [0.4, 0.5) is 0 Å². The van der Waals surface area contributed by atoms with Crippen LogP contribution in [0.1, 0.15) is 27.0 Å². The predicted octanol–water partition coefficient (Wildman–Crippen LogP) is 4.32.